The molecule has 2 heteroatoms. The molecule has 1 aliphatic carbocycles. The maximum atomic E-state index is 8.89. The Bertz CT molecular complexity index is 356. The van der Waals surface area contributed by atoms with Crippen LogP contribution in [-0.4, -0.2) is 18.8 Å². The van der Waals surface area contributed by atoms with Gasteiger partial charge in [-0.15, -0.1) is 0 Å². The van der Waals surface area contributed by atoms with Gasteiger partial charge in [0.15, 0.2) is 0 Å². The van der Waals surface area contributed by atoms with E-state index in [9.17, 15) is 0 Å². The highest BCUT2D eigenvalue weighted by Crippen LogP contribution is 2.40. The molecule has 0 amide bonds. The van der Waals surface area contributed by atoms with Crippen molar-refractivity contribution in [3.63, 3.8) is 0 Å². The number of ether oxygens (including phenoxy) is 1. The Balaban J connectivity index is 0.000000659. The van der Waals surface area contributed by atoms with Crippen LogP contribution < -0.4 is 0 Å². The Hall–Kier alpha value is -1.12. The fraction of sp³-hybridized carbons (Fsp3) is 0.500. The first-order valence-corrected chi connectivity index (χ1v) is 6.78. The SMILES string of the molecule is CC.CC.COC1C/C(=C\CO)c2ccccc21. The maximum Gasteiger partial charge on any atom is 0.0867 e. The van der Waals surface area contributed by atoms with E-state index in [2.05, 4.69) is 12.1 Å². The summed E-state index contributed by atoms with van der Waals surface area (Å²) in [6.07, 6.45) is 2.89. The summed E-state index contributed by atoms with van der Waals surface area (Å²) in [5.74, 6) is 0. The molecule has 0 radical (unpaired) electrons. The molecule has 102 valence electrons. The lowest BCUT2D eigenvalue weighted by molar-refractivity contribution is 0.112. The lowest BCUT2D eigenvalue weighted by Crippen LogP contribution is -1.94. The van der Waals surface area contributed by atoms with Crippen LogP contribution >= 0.6 is 0 Å². The van der Waals surface area contributed by atoms with Crippen molar-refractivity contribution in [2.45, 2.75) is 40.2 Å². The largest absolute Gasteiger partial charge is 0.392 e. The topological polar surface area (TPSA) is 29.5 Å². The molecule has 0 aromatic heterocycles. The van der Waals surface area contributed by atoms with Crippen LogP contribution in [0, 0.1) is 0 Å². The maximum absolute atomic E-state index is 8.89. The van der Waals surface area contributed by atoms with Crippen LogP contribution in [0.3, 0.4) is 0 Å². The summed E-state index contributed by atoms with van der Waals surface area (Å²) in [6, 6.07) is 8.20. The van der Waals surface area contributed by atoms with Gasteiger partial charge in [0.1, 0.15) is 0 Å². The summed E-state index contributed by atoms with van der Waals surface area (Å²) >= 11 is 0. The average Bonchev–Trinajstić information content (AvgIpc) is 2.82. The molecule has 1 aromatic rings. The van der Waals surface area contributed by atoms with Crippen molar-refractivity contribution in [3.8, 4) is 0 Å². The third-order valence-electron chi connectivity index (χ3n) is 2.68. The number of fused-ring (bicyclic) bond motifs is 1. The first kappa shape index (κ1) is 16.9. The first-order chi connectivity index (χ1) is 8.86. The number of hydrogen-bond donors (Lipinski definition) is 1. The fourth-order valence-corrected chi connectivity index (χ4v) is 2.00. The number of aliphatic hydroxyl groups is 1. The predicted octanol–water partition coefficient (Wildman–Crippen LogP) is 4.21. The Labute approximate surface area is 111 Å². The van der Waals surface area contributed by atoms with E-state index >= 15 is 0 Å². The third-order valence-corrected chi connectivity index (χ3v) is 2.68. The summed E-state index contributed by atoms with van der Waals surface area (Å²) in [7, 11) is 1.73. The lowest BCUT2D eigenvalue weighted by Gasteiger charge is -2.07. The Morgan fingerprint density at radius 2 is 1.83 bits per heavy atom. The molecule has 0 saturated carbocycles. The molecule has 1 atom stereocenters. The monoisotopic (exact) mass is 250 g/mol. The zero-order chi connectivity index (χ0) is 14.0. The molecular formula is C16H26O2. The second kappa shape index (κ2) is 9.86. The molecular weight excluding hydrogens is 224 g/mol. The van der Waals surface area contributed by atoms with E-state index in [1.807, 2.05) is 45.9 Å². The number of methoxy groups -OCH3 is 1. The van der Waals surface area contributed by atoms with Crippen LogP contribution in [0.15, 0.2) is 30.3 Å². The normalized spacial score (nSPS) is 18.3. The van der Waals surface area contributed by atoms with Crippen molar-refractivity contribution in [3.05, 3.63) is 41.5 Å². The minimum Gasteiger partial charge on any atom is -0.392 e. The molecule has 18 heavy (non-hydrogen) atoms. The van der Waals surface area contributed by atoms with E-state index in [0.717, 1.165) is 6.42 Å². The number of hydrogen-bond acceptors (Lipinski definition) is 2. The molecule has 0 aliphatic heterocycles. The summed E-state index contributed by atoms with van der Waals surface area (Å²) in [5, 5.41) is 8.89. The van der Waals surface area contributed by atoms with Gasteiger partial charge in [-0.25, -0.2) is 0 Å². The summed E-state index contributed by atoms with van der Waals surface area (Å²) in [4.78, 5) is 0. The van der Waals surface area contributed by atoms with Gasteiger partial charge < -0.3 is 9.84 Å². The molecule has 1 aliphatic rings. The summed E-state index contributed by atoms with van der Waals surface area (Å²) in [5.41, 5.74) is 3.64. The summed E-state index contributed by atoms with van der Waals surface area (Å²) < 4.78 is 5.39. The zero-order valence-electron chi connectivity index (χ0n) is 12.2. The summed E-state index contributed by atoms with van der Waals surface area (Å²) in [6.45, 7) is 8.10. The van der Waals surface area contributed by atoms with E-state index in [1.165, 1.54) is 16.7 Å². The number of rotatable bonds is 2. The highest BCUT2D eigenvalue weighted by atomic mass is 16.5. The molecule has 1 aromatic carbocycles. The van der Waals surface area contributed by atoms with Gasteiger partial charge in [0, 0.05) is 13.5 Å². The minimum absolute atomic E-state index is 0.0973. The van der Waals surface area contributed by atoms with E-state index in [-0.39, 0.29) is 12.7 Å². The molecule has 2 nitrogen and oxygen atoms in total. The van der Waals surface area contributed by atoms with Crippen molar-refractivity contribution in [2.75, 3.05) is 13.7 Å². The van der Waals surface area contributed by atoms with Gasteiger partial charge in [-0.05, 0) is 16.7 Å². The molecule has 0 heterocycles. The quantitative estimate of drug-likeness (QED) is 0.852. The number of aliphatic hydroxyl groups excluding tert-OH is 1. The van der Waals surface area contributed by atoms with Crippen LogP contribution in [0.1, 0.15) is 51.3 Å². The number of benzene rings is 1. The van der Waals surface area contributed by atoms with Crippen molar-refractivity contribution in [1.82, 2.24) is 0 Å². The van der Waals surface area contributed by atoms with E-state index in [0.29, 0.717) is 0 Å². The van der Waals surface area contributed by atoms with Crippen LogP contribution in [0.5, 0.6) is 0 Å². The van der Waals surface area contributed by atoms with Gasteiger partial charge in [0.05, 0.1) is 12.7 Å². The molecule has 0 bridgehead atoms. The molecule has 1 unspecified atom stereocenters. The van der Waals surface area contributed by atoms with Crippen LogP contribution in [0.4, 0.5) is 0 Å². The smallest absolute Gasteiger partial charge is 0.0867 e. The Kier molecular flexibility index (Phi) is 9.25. The standard InChI is InChI=1S/C12H14O2.2C2H6/c1-14-12-8-9(6-7-13)10-4-2-3-5-11(10)12;2*1-2/h2-6,12-13H,7-8H2,1H3;2*1-2H3/b9-6+;;. The van der Waals surface area contributed by atoms with Crippen molar-refractivity contribution in [1.29, 1.82) is 0 Å². The van der Waals surface area contributed by atoms with Gasteiger partial charge in [0.2, 0.25) is 0 Å². The molecule has 2 rings (SSSR count). The van der Waals surface area contributed by atoms with E-state index in [4.69, 9.17) is 9.84 Å². The first-order valence-electron chi connectivity index (χ1n) is 6.78. The Morgan fingerprint density at radius 3 is 2.39 bits per heavy atom. The van der Waals surface area contributed by atoms with Gasteiger partial charge >= 0.3 is 0 Å². The van der Waals surface area contributed by atoms with Crippen LogP contribution in [0.2, 0.25) is 0 Å². The third kappa shape index (κ3) is 3.97. The van der Waals surface area contributed by atoms with Crippen molar-refractivity contribution >= 4 is 5.57 Å². The zero-order valence-corrected chi connectivity index (χ0v) is 12.2. The molecule has 0 saturated heterocycles. The Morgan fingerprint density at radius 1 is 1.22 bits per heavy atom. The van der Waals surface area contributed by atoms with E-state index in [1.54, 1.807) is 7.11 Å². The van der Waals surface area contributed by atoms with Crippen molar-refractivity contribution in [2.24, 2.45) is 0 Å². The van der Waals surface area contributed by atoms with E-state index < -0.39 is 0 Å². The van der Waals surface area contributed by atoms with Gasteiger partial charge in [-0.3, -0.25) is 0 Å². The lowest BCUT2D eigenvalue weighted by atomic mass is 10.1. The fourth-order valence-electron chi connectivity index (χ4n) is 2.00. The van der Waals surface area contributed by atoms with Gasteiger partial charge in [0.25, 0.3) is 0 Å². The molecule has 1 N–H and O–H groups in total. The van der Waals surface area contributed by atoms with Gasteiger partial charge in [-0.2, -0.15) is 0 Å². The molecule has 0 fully saturated rings. The highest BCUT2D eigenvalue weighted by Gasteiger charge is 2.25. The van der Waals surface area contributed by atoms with Gasteiger partial charge in [-0.1, -0.05) is 58.0 Å². The average molecular weight is 250 g/mol. The highest BCUT2D eigenvalue weighted by molar-refractivity contribution is 5.73. The van der Waals surface area contributed by atoms with Crippen LogP contribution in [0.25, 0.3) is 5.57 Å². The minimum atomic E-state index is 0.0973. The second-order valence-electron chi connectivity index (χ2n) is 3.43. The van der Waals surface area contributed by atoms with Crippen LogP contribution in [-0.2, 0) is 4.74 Å². The molecule has 0 spiro atoms. The second-order valence-corrected chi connectivity index (χ2v) is 3.43. The predicted molar refractivity (Wildman–Crippen MR) is 78.6 cm³/mol. The van der Waals surface area contributed by atoms with Crippen molar-refractivity contribution < 1.29 is 9.84 Å².